The van der Waals surface area contributed by atoms with Crippen LogP contribution < -0.4 is 5.32 Å². The number of rotatable bonds is 5. The number of benzene rings is 1. The summed E-state index contributed by atoms with van der Waals surface area (Å²) in [6, 6.07) is 7.41. The number of hydrogen-bond donors (Lipinski definition) is 2. The van der Waals surface area contributed by atoms with Crippen LogP contribution in [0.25, 0.3) is 0 Å². The number of fused-ring (bicyclic) bond motifs is 1. The summed E-state index contributed by atoms with van der Waals surface area (Å²) in [6.07, 6.45) is 6.10. The van der Waals surface area contributed by atoms with Crippen molar-refractivity contribution in [3.63, 3.8) is 0 Å². The Bertz CT molecular complexity index is 385. The largest absolute Gasteiger partial charge is 0.395 e. The summed E-state index contributed by atoms with van der Waals surface area (Å²) in [6.45, 7) is 4.50. The third-order valence-corrected chi connectivity index (χ3v) is 4.07. The minimum absolute atomic E-state index is 0.205. The second-order valence-corrected chi connectivity index (χ2v) is 5.41. The van der Waals surface area contributed by atoms with E-state index in [4.69, 9.17) is 0 Å². The zero-order valence-corrected chi connectivity index (χ0v) is 11.6. The molecule has 0 amide bonds. The molecular formula is C16H25NO. The van der Waals surface area contributed by atoms with Gasteiger partial charge in [0, 0.05) is 12.1 Å². The molecule has 100 valence electrons. The van der Waals surface area contributed by atoms with E-state index >= 15 is 0 Å². The van der Waals surface area contributed by atoms with Crippen molar-refractivity contribution in [1.82, 2.24) is 5.32 Å². The first-order valence-electron chi connectivity index (χ1n) is 7.23. The van der Waals surface area contributed by atoms with Gasteiger partial charge in [0.1, 0.15) is 0 Å². The molecule has 2 N–H and O–H groups in total. The first-order valence-corrected chi connectivity index (χ1v) is 7.23. The average molecular weight is 247 g/mol. The Morgan fingerprint density at radius 3 is 2.61 bits per heavy atom. The molecule has 2 unspecified atom stereocenters. The molecule has 18 heavy (non-hydrogen) atoms. The highest BCUT2D eigenvalue weighted by atomic mass is 16.3. The summed E-state index contributed by atoms with van der Waals surface area (Å²) in [5.41, 5.74) is 4.42. The van der Waals surface area contributed by atoms with Crippen LogP contribution in [0.2, 0.25) is 0 Å². The van der Waals surface area contributed by atoms with Gasteiger partial charge in [0.15, 0.2) is 0 Å². The molecule has 0 saturated carbocycles. The van der Waals surface area contributed by atoms with Crippen LogP contribution in [0.4, 0.5) is 0 Å². The maximum atomic E-state index is 9.25. The standard InChI is InChI=1S/C16H25NO/c1-3-16(11-18)17-12(2)14-9-8-13-6-4-5-7-15(13)10-14/h8-10,12,16-18H,3-7,11H2,1-2H3. The summed E-state index contributed by atoms with van der Waals surface area (Å²) in [4.78, 5) is 0. The van der Waals surface area contributed by atoms with Gasteiger partial charge in [-0.3, -0.25) is 0 Å². The molecule has 1 aromatic rings. The van der Waals surface area contributed by atoms with Crippen molar-refractivity contribution < 1.29 is 5.11 Å². The monoisotopic (exact) mass is 247 g/mol. The molecule has 0 aromatic heterocycles. The van der Waals surface area contributed by atoms with E-state index in [1.54, 1.807) is 0 Å². The first kappa shape index (κ1) is 13.6. The van der Waals surface area contributed by atoms with E-state index in [2.05, 4.69) is 37.4 Å². The molecule has 0 heterocycles. The molecule has 1 aliphatic carbocycles. The molecule has 2 nitrogen and oxygen atoms in total. The van der Waals surface area contributed by atoms with Crippen LogP contribution in [0, 0.1) is 0 Å². The summed E-state index contributed by atoms with van der Waals surface area (Å²) >= 11 is 0. The van der Waals surface area contributed by atoms with E-state index < -0.39 is 0 Å². The third-order valence-electron chi connectivity index (χ3n) is 4.07. The summed E-state index contributed by atoms with van der Waals surface area (Å²) in [5, 5.41) is 12.7. The Morgan fingerprint density at radius 2 is 1.94 bits per heavy atom. The highest BCUT2D eigenvalue weighted by molar-refractivity contribution is 5.35. The molecule has 2 atom stereocenters. The molecule has 0 aliphatic heterocycles. The lowest BCUT2D eigenvalue weighted by Crippen LogP contribution is -2.34. The maximum absolute atomic E-state index is 9.25. The number of nitrogens with one attached hydrogen (secondary N) is 1. The summed E-state index contributed by atoms with van der Waals surface area (Å²) < 4.78 is 0. The van der Waals surface area contributed by atoms with Crippen molar-refractivity contribution >= 4 is 0 Å². The van der Waals surface area contributed by atoms with Crippen LogP contribution in [0.15, 0.2) is 18.2 Å². The fourth-order valence-corrected chi connectivity index (χ4v) is 2.77. The van der Waals surface area contributed by atoms with Gasteiger partial charge >= 0.3 is 0 Å². The van der Waals surface area contributed by atoms with E-state index in [1.165, 1.54) is 42.4 Å². The molecule has 2 rings (SSSR count). The van der Waals surface area contributed by atoms with Crippen molar-refractivity contribution in [3.05, 3.63) is 34.9 Å². The predicted molar refractivity (Wildman–Crippen MR) is 75.8 cm³/mol. The number of aryl methyl sites for hydroxylation is 2. The molecule has 1 aromatic carbocycles. The van der Waals surface area contributed by atoms with Gasteiger partial charge in [0.25, 0.3) is 0 Å². The number of aliphatic hydroxyl groups is 1. The Morgan fingerprint density at radius 1 is 1.22 bits per heavy atom. The topological polar surface area (TPSA) is 32.3 Å². The van der Waals surface area contributed by atoms with E-state index in [-0.39, 0.29) is 12.6 Å². The number of aliphatic hydroxyl groups excluding tert-OH is 1. The molecule has 0 bridgehead atoms. The van der Waals surface area contributed by atoms with Crippen LogP contribution in [-0.4, -0.2) is 17.8 Å². The molecule has 2 heteroatoms. The minimum Gasteiger partial charge on any atom is -0.395 e. The average Bonchev–Trinajstić information content (AvgIpc) is 2.44. The van der Waals surface area contributed by atoms with E-state index in [0.29, 0.717) is 6.04 Å². The fraction of sp³-hybridized carbons (Fsp3) is 0.625. The zero-order valence-electron chi connectivity index (χ0n) is 11.6. The highest BCUT2D eigenvalue weighted by Gasteiger charge is 2.14. The summed E-state index contributed by atoms with van der Waals surface area (Å²) in [7, 11) is 0. The second-order valence-electron chi connectivity index (χ2n) is 5.41. The lowest BCUT2D eigenvalue weighted by Gasteiger charge is -2.23. The van der Waals surface area contributed by atoms with Gasteiger partial charge < -0.3 is 10.4 Å². The van der Waals surface area contributed by atoms with Crippen molar-refractivity contribution in [1.29, 1.82) is 0 Å². The zero-order chi connectivity index (χ0) is 13.0. The van der Waals surface area contributed by atoms with Crippen LogP contribution in [0.1, 0.15) is 55.8 Å². The van der Waals surface area contributed by atoms with Gasteiger partial charge in [-0.1, -0.05) is 25.1 Å². The Labute approximate surface area is 110 Å². The van der Waals surface area contributed by atoms with Gasteiger partial charge in [0.2, 0.25) is 0 Å². The Balaban J connectivity index is 2.08. The van der Waals surface area contributed by atoms with E-state index in [9.17, 15) is 5.11 Å². The fourth-order valence-electron chi connectivity index (χ4n) is 2.77. The minimum atomic E-state index is 0.205. The quantitative estimate of drug-likeness (QED) is 0.838. The van der Waals surface area contributed by atoms with Crippen LogP contribution in [0.3, 0.4) is 0 Å². The lowest BCUT2D eigenvalue weighted by atomic mass is 9.89. The lowest BCUT2D eigenvalue weighted by molar-refractivity contribution is 0.230. The summed E-state index contributed by atoms with van der Waals surface area (Å²) in [5.74, 6) is 0. The normalized spacial score (nSPS) is 18.2. The van der Waals surface area contributed by atoms with Crippen LogP contribution in [-0.2, 0) is 12.8 Å². The van der Waals surface area contributed by atoms with E-state index in [0.717, 1.165) is 6.42 Å². The maximum Gasteiger partial charge on any atom is 0.0584 e. The van der Waals surface area contributed by atoms with Crippen LogP contribution >= 0.6 is 0 Å². The van der Waals surface area contributed by atoms with Crippen molar-refractivity contribution in [2.24, 2.45) is 0 Å². The smallest absolute Gasteiger partial charge is 0.0584 e. The van der Waals surface area contributed by atoms with Gasteiger partial charge in [0.05, 0.1) is 6.61 Å². The predicted octanol–water partition coefficient (Wildman–Crippen LogP) is 2.99. The van der Waals surface area contributed by atoms with Gasteiger partial charge in [-0.05, 0) is 55.7 Å². The van der Waals surface area contributed by atoms with Gasteiger partial charge in [-0.25, -0.2) is 0 Å². The SMILES string of the molecule is CCC(CO)NC(C)c1ccc2c(c1)CCCC2. The Kier molecular flexibility index (Phi) is 4.79. The molecule has 0 spiro atoms. The highest BCUT2D eigenvalue weighted by Crippen LogP contribution is 2.25. The molecular weight excluding hydrogens is 222 g/mol. The molecule has 0 fully saturated rings. The van der Waals surface area contributed by atoms with Crippen molar-refractivity contribution in [2.45, 2.75) is 58.0 Å². The first-order chi connectivity index (χ1) is 8.74. The second kappa shape index (κ2) is 6.35. The third kappa shape index (κ3) is 3.12. The van der Waals surface area contributed by atoms with Crippen LogP contribution in [0.5, 0.6) is 0 Å². The van der Waals surface area contributed by atoms with Gasteiger partial charge in [-0.15, -0.1) is 0 Å². The van der Waals surface area contributed by atoms with E-state index in [1.807, 2.05) is 0 Å². The molecule has 0 saturated heterocycles. The molecule has 1 aliphatic rings. The number of hydrogen-bond acceptors (Lipinski definition) is 2. The molecule has 0 radical (unpaired) electrons. The Hall–Kier alpha value is -0.860. The van der Waals surface area contributed by atoms with Crippen molar-refractivity contribution in [3.8, 4) is 0 Å². The van der Waals surface area contributed by atoms with Crippen molar-refractivity contribution in [2.75, 3.05) is 6.61 Å². The van der Waals surface area contributed by atoms with Gasteiger partial charge in [-0.2, -0.15) is 0 Å².